The van der Waals surface area contributed by atoms with Crippen molar-refractivity contribution in [1.82, 2.24) is 0 Å². The first-order valence-electron chi connectivity index (χ1n) is 2.65. The van der Waals surface area contributed by atoms with Crippen molar-refractivity contribution in [2.75, 3.05) is 0 Å². The van der Waals surface area contributed by atoms with Gasteiger partial charge in [0, 0.05) is 5.03 Å². The van der Waals surface area contributed by atoms with Crippen molar-refractivity contribution in [2.45, 2.75) is 10.4 Å². The normalized spacial score (nSPS) is 30.0. The maximum absolute atomic E-state index is 9.19. The third-order valence-electron chi connectivity index (χ3n) is 1.20. The molecule has 0 radical (unpaired) electrons. The van der Waals surface area contributed by atoms with Crippen LogP contribution in [-0.4, -0.2) is 15.5 Å². The number of rotatable bonds is 0. The molecule has 1 rings (SSSR count). The molecule has 1 nitrogen and oxygen atoms in total. The molecular weight excluding hydrogens is 194 g/mol. The van der Waals surface area contributed by atoms with Crippen LogP contribution in [0.1, 0.15) is 0 Å². The molecule has 4 heteroatoms. The van der Waals surface area contributed by atoms with Crippen molar-refractivity contribution >= 4 is 34.8 Å². The Morgan fingerprint density at radius 2 is 2.10 bits per heavy atom. The molecule has 0 aromatic rings. The average molecular weight is 199 g/mol. The second-order valence-electron chi connectivity index (χ2n) is 1.99. The van der Waals surface area contributed by atoms with Crippen molar-refractivity contribution in [3.63, 3.8) is 0 Å². The predicted molar refractivity (Wildman–Crippen MR) is 43.5 cm³/mol. The van der Waals surface area contributed by atoms with Gasteiger partial charge < -0.3 is 5.11 Å². The van der Waals surface area contributed by atoms with E-state index >= 15 is 0 Å². The van der Waals surface area contributed by atoms with Crippen LogP contribution in [0.2, 0.25) is 0 Å². The van der Waals surface area contributed by atoms with Gasteiger partial charge in [0.05, 0.1) is 0 Å². The highest BCUT2D eigenvalue weighted by atomic mass is 35.5. The summed E-state index contributed by atoms with van der Waals surface area (Å²) in [5.41, 5.74) is 0. The Bertz CT molecular complexity index is 195. The van der Waals surface area contributed by atoms with Gasteiger partial charge in [-0.15, -0.1) is 0 Å². The fraction of sp³-hybridized carbons (Fsp3) is 0.333. The van der Waals surface area contributed by atoms with E-state index in [9.17, 15) is 5.11 Å². The van der Waals surface area contributed by atoms with Gasteiger partial charge in [-0.25, -0.2) is 0 Å². The molecule has 1 atom stereocenters. The van der Waals surface area contributed by atoms with Crippen LogP contribution >= 0.6 is 34.8 Å². The summed E-state index contributed by atoms with van der Waals surface area (Å²) in [4.78, 5) is 0. The molecule has 0 aliphatic heterocycles. The summed E-state index contributed by atoms with van der Waals surface area (Å²) >= 11 is 16.8. The maximum Gasteiger partial charge on any atom is 0.167 e. The lowest BCUT2D eigenvalue weighted by Crippen LogP contribution is -2.30. The monoisotopic (exact) mass is 198 g/mol. The van der Waals surface area contributed by atoms with Gasteiger partial charge in [0.15, 0.2) is 4.33 Å². The summed E-state index contributed by atoms with van der Waals surface area (Å²) in [6.45, 7) is 0. The van der Waals surface area contributed by atoms with E-state index < -0.39 is 10.4 Å². The molecule has 1 unspecified atom stereocenters. The van der Waals surface area contributed by atoms with Gasteiger partial charge >= 0.3 is 0 Å². The molecule has 0 spiro atoms. The highest BCUT2D eigenvalue weighted by Gasteiger charge is 2.34. The molecule has 0 bridgehead atoms. The summed E-state index contributed by atoms with van der Waals surface area (Å²) < 4.78 is -1.27. The quantitative estimate of drug-likeness (QED) is 0.593. The third-order valence-corrected chi connectivity index (χ3v) is 2.20. The number of alkyl halides is 2. The van der Waals surface area contributed by atoms with E-state index in [1.165, 1.54) is 6.08 Å². The first kappa shape index (κ1) is 8.41. The highest BCUT2D eigenvalue weighted by Crippen LogP contribution is 2.35. The minimum absolute atomic E-state index is 0.257. The number of hydrogen-bond donors (Lipinski definition) is 1. The van der Waals surface area contributed by atoms with Crippen molar-refractivity contribution in [2.24, 2.45) is 0 Å². The Labute approximate surface area is 73.9 Å². The average Bonchev–Trinajstić information content (AvgIpc) is 1.83. The van der Waals surface area contributed by atoms with Gasteiger partial charge in [-0.1, -0.05) is 40.9 Å². The molecule has 1 N–H and O–H groups in total. The molecule has 0 aromatic heterocycles. The van der Waals surface area contributed by atoms with Crippen LogP contribution in [0.25, 0.3) is 0 Å². The fourth-order valence-corrected chi connectivity index (χ4v) is 1.37. The van der Waals surface area contributed by atoms with Gasteiger partial charge in [-0.3, -0.25) is 0 Å². The van der Waals surface area contributed by atoms with E-state index in [1.54, 1.807) is 12.2 Å². The molecule has 0 saturated carbocycles. The van der Waals surface area contributed by atoms with E-state index in [-0.39, 0.29) is 5.03 Å². The largest absolute Gasteiger partial charge is 0.384 e. The Balaban J connectivity index is 2.89. The smallest absolute Gasteiger partial charge is 0.167 e. The van der Waals surface area contributed by atoms with Crippen LogP contribution in [0.5, 0.6) is 0 Å². The first-order valence-corrected chi connectivity index (χ1v) is 3.78. The third kappa shape index (κ3) is 1.48. The van der Waals surface area contributed by atoms with E-state index in [0.717, 1.165) is 0 Å². The molecule has 0 aromatic carbocycles. The fourth-order valence-electron chi connectivity index (χ4n) is 0.634. The standard InChI is InChI=1S/C6H5Cl3O/c7-4-2-1-3-6(8,9)5(4)10/h1-3,5,10H. The zero-order valence-electron chi connectivity index (χ0n) is 4.89. The number of aliphatic hydroxyl groups excluding tert-OH is 1. The van der Waals surface area contributed by atoms with Crippen LogP contribution in [0.4, 0.5) is 0 Å². The summed E-state index contributed by atoms with van der Waals surface area (Å²) in [5, 5.41) is 9.45. The van der Waals surface area contributed by atoms with Gasteiger partial charge in [0.1, 0.15) is 6.10 Å². The first-order chi connectivity index (χ1) is 4.54. The predicted octanol–water partition coefficient (Wildman–Crippen LogP) is 2.21. The van der Waals surface area contributed by atoms with Crippen molar-refractivity contribution in [3.8, 4) is 0 Å². The molecule has 56 valence electrons. The Morgan fingerprint density at radius 3 is 2.50 bits per heavy atom. The van der Waals surface area contributed by atoms with Gasteiger partial charge in [-0.2, -0.15) is 0 Å². The van der Waals surface area contributed by atoms with E-state index in [1.807, 2.05) is 0 Å². The van der Waals surface area contributed by atoms with Crippen LogP contribution in [0.3, 0.4) is 0 Å². The molecule has 0 amide bonds. The van der Waals surface area contributed by atoms with Gasteiger partial charge in [0.2, 0.25) is 0 Å². The van der Waals surface area contributed by atoms with E-state index in [0.29, 0.717) is 0 Å². The highest BCUT2D eigenvalue weighted by molar-refractivity contribution is 6.51. The number of hydrogen-bond acceptors (Lipinski definition) is 1. The van der Waals surface area contributed by atoms with E-state index in [2.05, 4.69) is 0 Å². The topological polar surface area (TPSA) is 20.2 Å². The second-order valence-corrected chi connectivity index (χ2v) is 3.87. The summed E-state index contributed by atoms with van der Waals surface area (Å²) in [6.07, 6.45) is 3.62. The Hall–Kier alpha value is 0.310. The number of aliphatic hydroxyl groups is 1. The lowest BCUT2D eigenvalue weighted by Gasteiger charge is -2.23. The number of halogens is 3. The second kappa shape index (κ2) is 2.74. The lowest BCUT2D eigenvalue weighted by molar-refractivity contribution is 0.212. The number of allylic oxidation sites excluding steroid dienone is 2. The maximum atomic E-state index is 9.19. The van der Waals surface area contributed by atoms with Gasteiger partial charge in [-0.05, 0) is 12.2 Å². The van der Waals surface area contributed by atoms with Gasteiger partial charge in [0.25, 0.3) is 0 Å². The lowest BCUT2D eigenvalue weighted by atomic mass is 10.1. The van der Waals surface area contributed by atoms with Crippen LogP contribution in [-0.2, 0) is 0 Å². The van der Waals surface area contributed by atoms with Crippen LogP contribution in [0.15, 0.2) is 23.3 Å². The summed E-state index contributed by atoms with van der Waals surface area (Å²) in [7, 11) is 0. The zero-order valence-corrected chi connectivity index (χ0v) is 7.16. The minimum atomic E-state index is -1.27. The molecule has 10 heavy (non-hydrogen) atoms. The Kier molecular flexibility index (Phi) is 2.31. The zero-order chi connectivity index (χ0) is 7.78. The summed E-state index contributed by atoms with van der Waals surface area (Å²) in [5.74, 6) is 0. The molecular formula is C6H5Cl3O. The van der Waals surface area contributed by atoms with Crippen molar-refractivity contribution < 1.29 is 5.11 Å². The molecule has 0 saturated heterocycles. The molecule has 1 aliphatic carbocycles. The summed E-state index contributed by atoms with van der Waals surface area (Å²) in [6, 6.07) is 0. The van der Waals surface area contributed by atoms with Crippen LogP contribution < -0.4 is 0 Å². The van der Waals surface area contributed by atoms with Crippen molar-refractivity contribution in [1.29, 1.82) is 0 Å². The SMILES string of the molecule is OC1C(Cl)=CC=CC1(Cl)Cl. The Morgan fingerprint density at radius 1 is 1.50 bits per heavy atom. The van der Waals surface area contributed by atoms with Crippen LogP contribution in [0, 0.1) is 0 Å². The molecule has 1 aliphatic rings. The molecule has 0 heterocycles. The van der Waals surface area contributed by atoms with E-state index in [4.69, 9.17) is 34.8 Å². The minimum Gasteiger partial charge on any atom is -0.384 e. The van der Waals surface area contributed by atoms with Crippen molar-refractivity contribution in [3.05, 3.63) is 23.3 Å². The molecule has 0 fully saturated rings.